The highest BCUT2D eigenvalue weighted by Gasteiger charge is 2.49. The van der Waals surface area contributed by atoms with Gasteiger partial charge in [-0.05, 0) is 90.6 Å². The molecule has 6 heterocycles. The van der Waals surface area contributed by atoms with Crippen molar-refractivity contribution in [2.75, 3.05) is 43.0 Å². The molecule has 52 heavy (non-hydrogen) atoms. The molecule has 0 aliphatic carbocycles. The number of rotatable bonds is 6. The molecule has 1 spiro atoms. The van der Waals surface area contributed by atoms with Gasteiger partial charge in [0.25, 0.3) is 5.91 Å². The Labute approximate surface area is 300 Å². The minimum Gasteiger partial charge on any atom is -0.461 e. The smallest absolute Gasteiger partial charge is 0.413 e. The number of anilines is 2. The van der Waals surface area contributed by atoms with Crippen LogP contribution in [0, 0.1) is 17.5 Å². The molecule has 4 fully saturated rings. The number of ether oxygens (including phenoxy) is 2. The van der Waals surface area contributed by atoms with Crippen LogP contribution in [0.25, 0.3) is 32.2 Å². The van der Waals surface area contributed by atoms with Crippen molar-refractivity contribution in [3.63, 3.8) is 0 Å². The minimum atomic E-state index is -1.24. The summed E-state index contributed by atoms with van der Waals surface area (Å²) >= 11 is 0.799. The number of amides is 4. The number of thiazole rings is 1. The molecule has 13 nitrogen and oxygen atoms in total. The van der Waals surface area contributed by atoms with E-state index in [-0.39, 0.29) is 62.3 Å². The highest BCUT2D eigenvalue weighted by Crippen LogP contribution is 2.43. The van der Waals surface area contributed by atoms with Gasteiger partial charge in [-0.25, -0.2) is 27.7 Å². The first-order valence-corrected chi connectivity index (χ1v) is 18.1. The van der Waals surface area contributed by atoms with E-state index in [2.05, 4.69) is 35.8 Å². The fraction of sp³-hybridized carbons (Fsp3) is 0.486. The summed E-state index contributed by atoms with van der Waals surface area (Å²) in [4.78, 5) is 55.2. The summed E-state index contributed by atoms with van der Waals surface area (Å²) in [5.41, 5.74) is -3.11. The largest absolute Gasteiger partial charge is 0.461 e. The van der Waals surface area contributed by atoms with Crippen LogP contribution in [0.2, 0.25) is 0 Å². The van der Waals surface area contributed by atoms with Crippen molar-refractivity contribution in [1.29, 1.82) is 0 Å². The van der Waals surface area contributed by atoms with E-state index in [1.165, 1.54) is 6.07 Å². The number of hydrogen-bond acceptors (Lipinski definition) is 11. The Morgan fingerprint density at radius 3 is 2.46 bits per heavy atom. The Kier molecular flexibility index (Phi) is 8.20. The number of nitrogens with one attached hydrogen (secondary N) is 3. The molecular formula is C35H37F3N8O5S. The number of piperidine rings is 1. The van der Waals surface area contributed by atoms with Crippen LogP contribution < -0.4 is 25.6 Å². The third kappa shape index (κ3) is 5.92. The molecule has 274 valence electrons. The number of fused-ring (bicyclic) bond motifs is 3. The summed E-state index contributed by atoms with van der Waals surface area (Å²) in [6.45, 7) is 7.64. The molecule has 1 atom stereocenters. The second kappa shape index (κ2) is 12.4. The lowest BCUT2D eigenvalue weighted by molar-refractivity contribution is -0.124. The van der Waals surface area contributed by atoms with E-state index in [1.54, 1.807) is 25.7 Å². The standard InChI is InChI=1S/C35H37F3N8O5S/c1-33(2,3)51-32(49)43-31-40-25-18(7-8-20(36)26(25)52-31)22-21(37)15-19-24(23(22)38)39-30(50-17-34-9-4-13-46(34)14-5-10-34)41-27(19)45-12-6-11-35(16-45)28(47)42-29(48)44-35/h7-8,15H,4-6,9-14,16-17H2,1-3H3,(H,40,43,49)(H2,42,44,47,48). The molecule has 4 aliphatic heterocycles. The first-order chi connectivity index (χ1) is 24.7. The first-order valence-electron chi connectivity index (χ1n) is 17.3. The number of aromatic nitrogens is 3. The first kappa shape index (κ1) is 34.3. The Balaban J connectivity index is 1.23. The van der Waals surface area contributed by atoms with E-state index in [4.69, 9.17) is 9.47 Å². The van der Waals surface area contributed by atoms with Crippen LogP contribution in [-0.4, -0.2) is 87.3 Å². The quantitative estimate of drug-likeness (QED) is 0.206. The maximum Gasteiger partial charge on any atom is 0.413 e. The Morgan fingerprint density at radius 1 is 1.00 bits per heavy atom. The summed E-state index contributed by atoms with van der Waals surface area (Å²) in [7, 11) is 0. The van der Waals surface area contributed by atoms with Crippen molar-refractivity contribution < 1.29 is 37.0 Å². The van der Waals surface area contributed by atoms with Gasteiger partial charge in [-0.1, -0.05) is 11.3 Å². The third-order valence-electron chi connectivity index (χ3n) is 10.3. The molecule has 4 aliphatic rings. The van der Waals surface area contributed by atoms with Crippen LogP contribution in [0.3, 0.4) is 0 Å². The number of urea groups is 1. The van der Waals surface area contributed by atoms with Crippen LogP contribution in [0.4, 0.5) is 33.7 Å². The molecule has 17 heteroatoms. The van der Waals surface area contributed by atoms with Gasteiger partial charge < -0.3 is 19.7 Å². The Bertz CT molecular complexity index is 2150. The van der Waals surface area contributed by atoms with E-state index in [9.17, 15) is 14.4 Å². The van der Waals surface area contributed by atoms with Gasteiger partial charge >= 0.3 is 18.1 Å². The monoisotopic (exact) mass is 738 g/mol. The van der Waals surface area contributed by atoms with Gasteiger partial charge in [0.2, 0.25) is 0 Å². The minimum absolute atomic E-state index is 0.00364. The number of imide groups is 1. The number of hydrogen-bond donors (Lipinski definition) is 3. The van der Waals surface area contributed by atoms with Crippen LogP contribution >= 0.6 is 11.3 Å². The van der Waals surface area contributed by atoms with Crippen molar-refractivity contribution in [2.45, 2.75) is 76.0 Å². The third-order valence-corrected chi connectivity index (χ3v) is 11.3. The second-order valence-corrected chi connectivity index (χ2v) is 15.9. The lowest BCUT2D eigenvalue weighted by Gasteiger charge is -2.39. The van der Waals surface area contributed by atoms with Crippen molar-refractivity contribution in [3.8, 4) is 17.1 Å². The zero-order valence-electron chi connectivity index (χ0n) is 28.8. The number of carbonyl (C=O) groups is 3. The lowest BCUT2D eigenvalue weighted by Crippen LogP contribution is -2.58. The predicted molar refractivity (Wildman–Crippen MR) is 187 cm³/mol. The molecule has 4 aromatic rings. The van der Waals surface area contributed by atoms with E-state index >= 15 is 13.2 Å². The van der Waals surface area contributed by atoms with Crippen LogP contribution in [0.15, 0.2) is 18.2 Å². The summed E-state index contributed by atoms with van der Waals surface area (Å²) in [6.07, 6.45) is 3.99. The molecule has 0 bridgehead atoms. The van der Waals surface area contributed by atoms with Gasteiger partial charge in [0.15, 0.2) is 10.9 Å². The normalized spacial score (nSPS) is 21.5. The maximum absolute atomic E-state index is 17.0. The number of benzene rings is 2. The van der Waals surface area contributed by atoms with Gasteiger partial charge in [-0.3, -0.25) is 20.3 Å². The molecule has 0 saturated carbocycles. The Hall–Kier alpha value is -4.77. The molecule has 8 rings (SSSR count). The van der Waals surface area contributed by atoms with Gasteiger partial charge in [-0.15, -0.1) is 0 Å². The zero-order chi connectivity index (χ0) is 36.6. The summed E-state index contributed by atoms with van der Waals surface area (Å²) < 4.78 is 60.0. The van der Waals surface area contributed by atoms with Crippen molar-refractivity contribution in [3.05, 3.63) is 35.7 Å². The molecule has 2 aromatic heterocycles. The van der Waals surface area contributed by atoms with Crippen molar-refractivity contribution in [2.24, 2.45) is 0 Å². The van der Waals surface area contributed by atoms with Crippen molar-refractivity contribution in [1.82, 2.24) is 30.5 Å². The molecule has 4 amide bonds. The van der Waals surface area contributed by atoms with E-state index < -0.39 is 52.2 Å². The fourth-order valence-corrected chi connectivity index (χ4v) is 8.93. The molecular weight excluding hydrogens is 701 g/mol. The Morgan fingerprint density at radius 2 is 1.75 bits per heavy atom. The predicted octanol–water partition coefficient (Wildman–Crippen LogP) is 5.86. The average Bonchev–Trinajstić information content (AvgIpc) is 3.83. The topological polar surface area (TPSA) is 151 Å². The molecule has 4 saturated heterocycles. The fourth-order valence-electron chi connectivity index (χ4n) is 8.05. The van der Waals surface area contributed by atoms with Crippen LogP contribution in [0.5, 0.6) is 6.01 Å². The molecule has 3 N–H and O–H groups in total. The SMILES string of the molecule is CC(C)(C)OC(=O)Nc1nc2c(-c3c(F)cc4c(N5CCCC6(C5)NC(=O)NC6=O)nc(OCC56CCCN5CCC6)nc4c3F)ccc(F)c2s1. The highest BCUT2D eigenvalue weighted by molar-refractivity contribution is 7.22. The van der Waals surface area contributed by atoms with Gasteiger partial charge in [0, 0.05) is 17.5 Å². The number of carbonyl (C=O) groups excluding carboxylic acids is 3. The average molecular weight is 739 g/mol. The summed E-state index contributed by atoms with van der Waals surface area (Å²) in [5.74, 6) is -3.07. The van der Waals surface area contributed by atoms with Crippen LogP contribution in [0.1, 0.15) is 59.3 Å². The molecule has 1 unspecified atom stereocenters. The highest BCUT2D eigenvalue weighted by atomic mass is 32.1. The van der Waals surface area contributed by atoms with E-state index in [0.717, 1.165) is 62.2 Å². The zero-order valence-corrected chi connectivity index (χ0v) is 29.6. The maximum atomic E-state index is 17.0. The van der Waals surface area contributed by atoms with Gasteiger partial charge in [0.05, 0.1) is 27.9 Å². The molecule has 0 radical (unpaired) electrons. The second-order valence-electron chi connectivity index (χ2n) is 14.9. The lowest BCUT2D eigenvalue weighted by atomic mass is 9.89. The number of nitrogens with zero attached hydrogens (tertiary/aromatic N) is 5. The summed E-state index contributed by atoms with van der Waals surface area (Å²) in [5, 5.41) is 7.50. The number of halogens is 3. The van der Waals surface area contributed by atoms with E-state index in [1.807, 2.05) is 0 Å². The van der Waals surface area contributed by atoms with E-state index in [0.29, 0.717) is 19.4 Å². The van der Waals surface area contributed by atoms with Crippen LogP contribution in [-0.2, 0) is 9.53 Å². The summed E-state index contributed by atoms with van der Waals surface area (Å²) in [6, 6.07) is 2.69. The van der Waals surface area contributed by atoms with Gasteiger partial charge in [-0.2, -0.15) is 9.97 Å². The van der Waals surface area contributed by atoms with Crippen molar-refractivity contribution >= 4 is 61.4 Å². The van der Waals surface area contributed by atoms with Gasteiger partial charge in [0.1, 0.15) is 40.7 Å². The molecule has 2 aromatic carbocycles.